The van der Waals surface area contributed by atoms with Crippen LogP contribution in [0.25, 0.3) is 0 Å². The highest BCUT2D eigenvalue weighted by Gasteiger charge is 2.17. The van der Waals surface area contributed by atoms with Gasteiger partial charge in [0.2, 0.25) is 0 Å². The van der Waals surface area contributed by atoms with Crippen molar-refractivity contribution in [2.24, 2.45) is 5.73 Å². The number of nitrogens with zero attached hydrogens (tertiary/aromatic N) is 1. The van der Waals surface area contributed by atoms with Crippen molar-refractivity contribution in [2.45, 2.75) is 19.5 Å². The standard InChI is InChI=1S/C15H16N2S2/c16-5-1-2-12-8-14(19-11-12)10-17-6-3-15-13(9-17)4-7-18-15/h4,7-8,11H,3,5-6,9-10,16H2. The maximum absolute atomic E-state index is 5.39. The maximum atomic E-state index is 5.39. The summed E-state index contributed by atoms with van der Waals surface area (Å²) in [5.74, 6) is 6.00. The number of rotatable bonds is 2. The van der Waals surface area contributed by atoms with Crippen molar-refractivity contribution in [3.05, 3.63) is 43.8 Å². The topological polar surface area (TPSA) is 29.3 Å². The van der Waals surface area contributed by atoms with E-state index in [2.05, 4.69) is 39.6 Å². The Morgan fingerprint density at radius 2 is 2.32 bits per heavy atom. The molecule has 1 aliphatic rings. The molecule has 0 unspecified atom stereocenters. The quantitative estimate of drug-likeness (QED) is 0.861. The first-order valence-corrected chi connectivity index (χ1v) is 8.15. The lowest BCUT2D eigenvalue weighted by Crippen LogP contribution is -2.28. The van der Waals surface area contributed by atoms with Crippen molar-refractivity contribution < 1.29 is 0 Å². The molecule has 0 saturated carbocycles. The van der Waals surface area contributed by atoms with E-state index in [0.29, 0.717) is 6.54 Å². The Bertz CT molecular complexity index is 615. The highest BCUT2D eigenvalue weighted by Crippen LogP contribution is 2.26. The molecular formula is C15H16N2S2. The molecule has 1 aliphatic heterocycles. The molecule has 0 amide bonds. The van der Waals surface area contributed by atoms with Crippen LogP contribution in [0.1, 0.15) is 20.9 Å². The van der Waals surface area contributed by atoms with Crippen LogP contribution in [-0.2, 0) is 19.5 Å². The minimum Gasteiger partial charge on any atom is -0.320 e. The van der Waals surface area contributed by atoms with Gasteiger partial charge >= 0.3 is 0 Å². The molecule has 2 aromatic rings. The summed E-state index contributed by atoms with van der Waals surface area (Å²) in [6.07, 6.45) is 1.19. The fourth-order valence-corrected chi connectivity index (χ4v) is 4.09. The van der Waals surface area contributed by atoms with E-state index in [1.54, 1.807) is 16.2 Å². The fraction of sp³-hybridized carbons (Fsp3) is 0.333. The molecule has 19 heavy (non-hydrogen) atoms. The number of fused-ring (bicyclic) bond motifs is 1. The first kappa shape index (κ1) is 12.9. The molecule has 3 rings (SSSR count). The van der Waals surface area contributed by atoms with Gasteiger partial charge in [-0.2, -0.15) is 0 Å². The highest BCUT2D eigenvalue weighted by molar-refractivity contribution is 7.10. The van der Waals surface area contributed by atoms with Gasteiger partial charge in [-0.1, -0.05) is 11.8 Å². The molecule has 3 heterocycles. The number of nitrogens with two attached hydrogens (primary N) is 1. The smallest absolute Gasteiger partial charge is 0.0555 e. The zero-order valence-electron chi connectivity index (χ0n) is 10.7. The van der Waals surface area contributed by atoms with Crippen molar-refractivity contribution in [1.82, 2.24) is 4.90 Å². The van der Waals surface area contributed by atoms with Gasteiger partial charge in [-0.25, -0.2) is 0 Å². The van der Waals surface area contributed by atoms with Gasteiger partial charge in [0.1, 0.15) is 0 Å². The van der Waals surface area contributed by atoms with Crippen molar-refractivity contribution in [3.63, 3.8) is 0 Å². The van der Waals surface area contributed by atoms with Crippen LogP contribution in [0.3, 0.4) is 0 Å². The highest BCUT2D eigenvalue weighted by atomic mass is 32.1. The van der Waals surface area contributed by atoms with E-state index < -0.39 is 0 Å². The van der Waals surface area contributed by atoms with Gasteiger partial charge in [-0.05, 0) is 29.5 Å². The third kappa shape index (κ3) is 3.07. The summed E-state index contributed by atoms with van der Waals surface area (Å²) in [5, 5.41) is 4.33. The van der Waals surface area contributed by atoms with Gasteiger partial charge in [0, 0.05) is 40.3 Å². The minimum atomic E-state index is 0.429. The molecule has 2 nitrogen and oxygen atoms in total. The van der Waals surface area contributed by atoms with E-state index in [4.69, 9.17) is 5.73 Å². The molecule has 0 atom stereocenters. The number of thiophene rings is 2. The Hall–Kier alpha value is -1.12. The fourth-order valence-electron chi connectivity index (χ4n) is 2.34. The summed E-state index contributed by atoms with van der Waals surface area (Å²) in [4.78, 5) is 5.47. The monoisotopic (exact) mass is 288 g/mol. The lowest BCUT2D eigenvalue weighted by atomic mass is 10.1. The summed E-state index contributed by atoms with van der Waals surface area (Å²) in [7, 11) is 0. The lowest BCUT2D eigenvalue weighted by molar-refractivity contribution is 0.249. The summed E-state index contributed by atoms with van der Waals surface area (Å²) < 4.78 is 0. The summed E-state index contributed by atoms with van der Waals surface area (Å²) >= 11 is 3.69. The van der Waals surface area contributed by atoms with E-state index in [9.17, 15) is 0 Å². The molecule has 0 saturated heterocycles. The van der Waals surface area contributed by atoms with Crippen LogP contribution in [0, 0.1) is 11.8 Å². The number of hydrogen-bond acceptors (Lipinski definition) is 4. The predicted molar refractivity (Wildman–Crippen MR) is 82.4 cm³/mol. The van der Waals surface area contributed by atoms with E-state index in [1.165, 1.54) is 16.9 Å². The zero-order chi connectivity index (χ0) is 13.1. The average molecular weight is 288 g/mol. The Morgan fingerprint density at radius 1 is 1.37 bits per heavy atom. The van der Waals surface area contributed by atoms with Crippen LogP contribution in [0.4, 0.5) is 0 Å². The summed E-state index contributed by atoms with van der Waals surface area (Å²) in [5.41, 5.74) is 8.00. The van der Waals surface area contributed by atoms with E-state index in [-0.39, 0.29) is 0 Å². The molecular weight excluding hydrogens is 272 g/mol. The number of hydrogen-bond donors (Lipinski definition) is 1. The molecule has 0 fully saturated rings. The van der Waals surface area contributed by atoms with E-state index in [0.717, 1.165) is 25.2 Å². The third-order valence-electron chi connectivity index (χ3n) is 3.25. The molecule has 2 aromatic heterocycles. The van der Waals surface area contributed by atoms with Crippen molar-refractivity contribution in [1.29, 1.82) is 0 Å². The van der Waals surface area contributed by atoms with Gasteiger partial charge in [0.15, 0.2) is 0 Å². The molecule has 0 radical (unpaired) electrons. The van der Waals surface area contributed by atoms with Crippen molar-refractivity contribution in [2.75, 3.05) is 13.1 Å². The Morgan fingerprint density at radius 3 is 3.21 bits per heavy atom. The molecule has 0 aromatic carbocycles. The summed E-state index contributed by atoms with van der Waals surface area (Å²) in [6, 6.07) is 4.45. The zero-order valence-corrected chi connectivity index (χ0v) is 12.3. The molecule has 4 heteroatoms. The van der Waals surface area contributed by atoms with Gasteiger partial charge in [-0.15, -0.1) is 22.7 Å². The SMILES string of the molecule is NCC#Cc1csc(CN2CCc3sccc3C2)c1. The molecule has 98 valence electrons. The van der Waals surface area contributed by atoms with Gasteiger partial charge in [-0.3, -0.25) is 4.90 Å². The third-order valence-corrected chi connectivity index (χ3v) is 5.20. The largest absolute Gasteiger partial charge is 0.320 e. The molecule has 0 spiro atoms. The van der Waals surface area contributed by atoms with Crippen LogP contribution in [0.5, 0.6) is 0 Å². The first-order chi connectivity index (χ1) is 9.35. The molecule has 2 N–H and O–H groups in total. The average Bonchev–Trinajstić information content (AvgIpc) is 3.05. The second-order valence-corrected chi connectivity index (χ2v) is 6.63. The molecule has 0 bridgehead atoms. The Labute approximate surface area is 121 Å². The lowest BCUT2D eigenvalue weighted by Gasteiger charge is -2.26. The van der Waals surface area contributed by atoms with Crippen LogP contribution < -0.4 is 5.73 Å². The predicted octanol–water partition coefficient (Wildman–Crippen LogP) is 2.68. The Balaban J connectivity index is 1.65. The van der Waals surface area contributed by atoms with Crippen LogP contribution in [-0.4, -0.2) is 18.0 Å². The van der Waals surface area contributed by atoms with Gasteiger partial charge in [0.05, 0.1) is 6.54 Å². The van der Waals surface area contributed by atoms with E-state index in [1.807, 2.05) is 11.3 Å². The van der Waals surface area contributed by atoms with E-state index >= 15 is 0 Å². The van der Waals surface area contributed by atoms with Gasteiger partial charge < -0.3 is 5.73 Å². The summed E-state index contributed by atoms with van der Waals surface area (Å²) in [6.45, 7) is 3.71. The normalized spacial score (nSPS) is 14.8. The van der Waals surface area contributed by atoms with Crippen LogP contribution in [0.15, 0.2) is 22.9 Å². The second kappa shape index (κ2) is 5.89. The Kier molecular flexibility index (Phi) is 4.00. The minimum absolute atomic E-state index is 0.429. The van der Waals surface area contributed by atoms with Gasteiger partial charge in [0.25, 0.3) is 0 Å². The second-order valence-electron chi connectivity index (χ2n) is 4.64. The maximum Gasteiger partial charge on any atom is 0.0555 e. The molecule has 0 aliphatic carbocycles. The first-order valence-electron chi connectivity index (χ1n) is 6.39. The van der Waals surface area contributed by atoms with Crippen molar-refractivity contribution in [3.8, 4) is 11.8 Å². The van der Waals surface area contributed by atoms with Crippen molar-refractivity contribution >= 4 is 22.7 Å². The van der Waals surface area contributed by atoms with Crippen LogP contribution in [0.2, 0.25) is 0 Å². The van der Waals surface area contributed by atoms with Crippen LogP contribution >= 0.6 is 22.7 Å².